The third-order valence-electron chi connectivity index (χ3n) is 3.57. The second-order valence-electron chi connectivity index (χ2n) is 4.56. The van der Waals surface area contributed by atoms with E-state index in [2.05, 4.69) is 0 Å². The summed E-state index contributed by atoms with van der Waals surface area (Å²) in [5, 5.41) is 30.1. The van der Waals surface area contributed by atoms with Crippen molar-refractivity contribution in [2.75, 3.05) is 20.8 Å². The van der Waals surface area contributed by atoms with Crippen molar-refractivity contribution in [3.63, 3.8) is 0 Å². The Hall–Kier alpha value is -1.82. The van der Waals surface area contributed by atoms with Crippen LogP contribution in [-0.2, 0) is 4.74 Å². The van der Waals surface area contributed by atoms with E-state index in [9.17, 15) is 15.3 Å². The zero-order valence-electron chi connectivity index (χ0n) is 11.4. The monoisotopic (exact) mass is 278 g/mol. The molecule has 2 rings (SSSR count). The Morgan fingerprint density at radius 1 is 1.30 bits per heavy atom. The van der Waals surface area contributed by atoms with E-state index >= 15 is 0 Å². The molecule has 1 aromatic carbocycles. The first-order valence-electron chi connectivity index (χ1n) is 6.19. The van der Waals surface area contributed by atoms with Crippen LogP contribution in [0.3, 0.4) is 0 Å². The van der Waals surface area contributed by atoms with E-state index in [1.165, 1.54) is 14.2 Å². The molecule has 1 aromatic rings. The van der Waals surface area contributed by atoms with Gasteiger partial charge in [0, 0.05) is 12.7 Å². The summed E-state index contributed by atoms with van der Waals surface area (Å²) in [6, 6.07) is 5.01. The first kappa shape index (κ1) is 14.6. The third-order valence-corrected chi connectivity index (χ3v) is 3.57. The van der Waals surface area contributed by atoms with Crippen LogP contribution < -0.4 is 4.74 Å². The van der Waals surface area contributed by atoms with Crippen molar-refractivity contribution < 1.29 is 24.8 Å². The molecule has 2 unspecified atom stereocenters. The number of aliphatic hydroxyl groups is 2. The van der Waals surface area contributed by atoms with Gasteiger partial charge in [0.2, 0.25) is 0 Å². The Balaban J connectivity index is 2.49. The highest BCUT2D eigenvalue weighted by molar-refractivity contribution is 5.78. The molecule has 2 atom stereocenters. The number of hydrogen-bond donors (Lipinski definition) is 3. The number of aliphatic hydroxyl groups excluding tert-OH is 2. The molecule has 0 amide bonds. The van der Waals surface area contributed by atoms with E-state index in [1.807, 2.05) is 0 Å². The van der Waals surface area contributed by atoms with E-state index < -0.39 is 11.7 Å². The fraction of sp³-hybridized carbons (Fsp3) is 0.333. The van der Waals surface area contributed by atoms with Gasteiger partial charge in [-0.15, -0.1) is 0 Å². The van der Waals surface area contributed by atoms with Gasteiger partial charge in [-0.3, -0.25) is 0 Å². The van der Waals surface area contributed by atoms with Gasteiger partial charge in [-0.25, -0.2) is 0 Å². The summed E-state index contributed by atoms with van der Waals surface area (Å²) in [4.78, 5) is 0. The fourth-order valence-electron chi connectivity index (χ4n) is 2.30. The average molecular weight is 278 g/mol. The SMILES string of the molecule is COc1cccc(C2=CC=CC(CO)(OC)C2O)c1O. The predicted octanol–water partition coefficient (Wildman–Crippen LogP) is 1.09. The van der Waals surface area contributed by atoms with E-state index in [0.29, 0.717) is 16.9 Å². The van der Waals surface area contributed by atoms with E-state index in [1.54, 1.807) is 36.4 Å². The number of aromatic hydroxyl groups is 1. The molecule has 3 N–H and O–H groups in total. The Bertz CT molecular complexity index is 543. The first-order valence-corrected chi connectivity index (χ1v) is 6.19. The molecule has 20 heavy (non-hydrogen) atoms. The van der Waals surface area contributed by atoms with Crippen molar-refractivity contribution in [2.45, 2.75) is 11.7 Å². The van der Waals surface area contributed by atoms with Gasteiger partial charge in [-0.05, 0) is 17.7 Å². The summed E-state index contributed by atoms with van der Waals surface area (Å²) in [7, 11) is 2.87. The van der Waals surface area contributed by atoms with E-state index in [0.717, 1.165) is 0 Å². The summed E-state index contributed by atoms with van der Waals surface area (Å²) in [6.45, 7) is -0.372. The van der Waals surface area contributed by atoms with Crippen LogP contribution in [0.4, 0.5) is 0 Å². The highest BCUT2D eigenvalue weighted by Crippen LogP contribution is 2.39. The zero-order chi connectivity index (χ0) is 14.8. The molecule has 0 bridgehead atoms. The molecule has 0 aliphatic heterocycles. The van der Waals surface area contributed by atoms with Crippen molar-refractivity contribution in [1.29, 1.82) is 0 Å². The maximum Gasteiger partial charge on any atom is 0.165 e. The molecule has 1 aliphatic rings. The quantitative estimate of drug-likeness (QED) is 0.768. The number of para-hydroxylation sites is 1. The van der Waals surface area contributed by atoms with Crippen LogP contribution in [0.15, 0.2) is 36.4 Å². The molecular formula is C15H18O5. The normalized spacial score (nSPS) is 25.4. The van der Waals surface area contributed by atoms with Crippen LogP contribution in [0, 0.1) is 0 Å². The van der Waals surface area contributed by atoms with Gasteiger partial charge in [-0.1, -0.05) is 24.3 Å². The summed E-state index contributed by atoms with van der Waals surface area (Å²) < 4.78 is 10.3. The lowest BCUT2D eigenvalue weighted by Gasteiger charge is -2.36. The van der Waals surface area contributed by atoms with E-state index in [-0.39, 0.29) is 12.4 Å². The molecule has 0 saturated carbocycles. The number of rotatable bonds is 4. The Labute approximate surface area is 117 Å². The third kappa shape index (κ3) is 2.20. The second kappa shape index (κ2) is 5.66. The first-order chi connectivity index (χ1) is 9.59. The lowest BCUT2D eigenvalue weighted by Crippen LogP contribution is -2.47. The maximum absolute atomic E-state index is 10.5. The van der Waals surface area contributed by atoms with Crippen molar-refractivity contribution in [2.24, 2.45) is 0 Å². The molecular weight excluding hydrogens is 260 g/mol. The highest BCUT2D eigenvalue weighted by atomic mass is 16.5. The van der Waals surface area contributed by atoms with Gasteiger partial charge in [0.25, 0.3) is 0 Å². The number of allylic oxidation sites excluding steroid dienone is 2. The summed E-state index contributed by atoms with van der Waals surface area (Å²) >= 11 is 0. The molecule has 0 fully saturated rings. The molecule has 0 spiro atoms. The number of benzene rings is 1. The summed E-state index contributed by atoms with van der Waals surface area (Å²) in [6.07, 6.45) is 3.85. The van der Waals surface area contributed by atoms with Gasteiger partial charge in [0.15, 0.2) is 11.5 Å². The zero-order valence-corrected chi connectivity index (χ0v) is 11.4. The van der Waals surface area contributed by atoms with Crippen molar-refractivity contribution in [3.8, 4) is 11.5 Å². The predicted molar refractivity (Wildman–Crippen MR) is 74.6 cm³/mol. The van der Waals surface area contributed by atoms with Gasteiger partial charge in [0.1, 0.15) is 11.7 Å². The van der Waals surface area contributed by atoms with Gasteiger partial charge < -0.3 is 24.8 Å². The van der Waals surface area contributed by atoms with Gasteiger partial charge in [0.05, 0.1) is 13.7 Å². The van der Waals surface area contributed by atoms with E-state index in [4.69, 9.17) is 9.47 Å². The average Bonchev–Trinajstić information content (AvgIpc) is 2.48. The van der Waals surface area contributed by atoms with Crippen LogP contribution in [0.25, 0.3) is 5.57 Å². The summed E-state index contributed by atoms with van der Waals surface area (Å²) in [5.74, 6) is 0.260. The largest absolute Gasteiger partial charge is 0.504 e. The lowest BCUT2D eigenvalue weighted by molar-refractivity contribution is -0.0758. The smallest absolute Gasteiger partial charge is 0.165 e. The highest BCUT2D eigenvalue weighted by Gasteiger charge is 2.40. The summed E-state index contributed by atoms with van der Waals surface area (Å²) in [5.41, 5.74) is -0.310. The fourth-order valence-corrected chi connectivity index (χ4v) is 2.30. The van der Waals surface area contributed by atoms with Crippen LogP contribution >= 0.6 is 0 Å². The Morgan fingerprint density at radius 3 is 2.65 bits per heavy atom. The van der Waals surface area contributed by atoms with Crippen molar-refractivity contribution in [1.82, 2.24) is 0 Å². The molecule has 0 saturated heterocycles. The molecule has 5 nitrogen and oxygen atoms in total. The number of ether oxygens (including phenoxy) is 2. The van der Waals surface area contributed by atoms with Crippen molar-refractivity contribution in [3.05, 3.63) is 42.0 Å². The minimum Gasteiger partial charge on any atom is -0.504 e. The lowest BCUT2D eigenvalue weighted by atomic mass is 9.83. The number of hydrogen-bond acceptors (Lipinski definition) is 5. The minimum atomic E-state index is -1.21. The van der Waals surface area contributed by atoms with Gasteiger partial charge in [-0.2, -0.15) is 0 Å². The minimum absolute atomic E-state index is 0.0569. The van der Waals surface area contributed by atoms with Gasteiger partial charge >= 0.3 is 0 Å². The van der Waals surface area contributed by atoms with Crippen LogP contribution in [0.2, 0.25) is 0 Å². The molecule has 5 heteroatoms. The maximum atomic E-state index is 10.5. The standard InChI is InChI=1S/C15H18O5/c1-19-12-7-3-5-10(13(12)17)11-6-4-8-15(9-16,20-2)14(11)18/h3-8,14,16-18H,9H2,1-2H3. The molecule has 108 valence electrons. The van der Waals surface area contributed by atoms with Crippen LogP contribution in [0.1, 0.15) is 5.56 Å². The number of phenolic OH excluding ortho intramolecular Hbond substituents is 1. The molecule has 0 heterocycles. The van der Waals surface area contributed by atoms with Crippen LogP contribution in [0.5, 0.6) is 11.5 Å². The van der Waals surface area contributed by atoms with Crippen molar-refractivity contribution >= 4 is 5.57 Å². The molecule has 0 aromatic heterocycles. The topological polar surface area (TPSA) is 79.2 Å². The second-order valence-corrected chi connectivity index (χ2v) is 4.56. The molecule has 0 radical (unpaired) electrons. The number of methoxy groups -OCH3 is 2. The number of phenols is 1. The molecule has 1 aliphatic carbocycles. The Morgan fingerprint density at radius 2 is 2.05 bits per heavy atom. The Kier molecular flexibility index (Phi) is 4.13. The van der Waals surface area contributed by atoms with Crippen LogP contribution in [-0.4, -0.2) is 47.9 Å².